The highest BCUT2D eigenvalue weighted by atomic mass is 19.4. The van der Waals surface area contributed by atoms with Gasteiger partial charge in [0.1, 0.15) is 5.82 Å². The molecule has 0 aromatic carbocycles. The summed E-state index contributed by atoms with van der Waals surface area (Å²) in [6.45, 7) is 7.31. The Bertz CT molecular complexity index is 1070. The number of rotatable bonds is 4. The number of nitrogens with zero attached hydrogens (tertiary/aromatic N) is 5. The number of halogens is 3. The Labute approximate surface area is 193 Å². The Morgan fingerprint density at radius 2 is 1.76 bits per heavy atom. The van der Waals surface area contributed by atoms with Crippen molar-refractivity contribution in [1.29, 1.82) is 0 Å². The summed E-state index contributed by atoms with van der Waals surface area (Å²) in [4.78, 5) is 38.2. The summed E-state index contributed by atoms with van der Waals surface area (Å²) >= 11 is 0. The topological polar surface area (TPSA) is 131 Å². The fraction of sp³-hybridized carbons (Fsp3) is 0.600. The third-order valence-electron chi connectivity index (χ3n) is 5.04. The first kappa shape index (κ1) is 25.2. The van der Waals surface area contributed by atoms with Gasteiger partial charge in [-0.2, -0.15) is 17.7 Å². The van der Waals surface area contributed by atoms with Crippen molar-refractivity contribution in [3.05, 3.63) is 18.0 Å². The van der Waals surface area contributed by atoms with Crippen LogP contribution in [0.1, 0.15) is 46.4 Å². The lowest BCUT2D eigenvalue weighted by molar-refractivity contribution is -0.159. The lowest BCUT2D eigenvalue weighted by Gasteiger charge is -2.32. The average Bonchev–Trinajstić information content (AvgIpc) is 3.16. The quantitative estimate of drug-likeness (QED) is 0.628. The van der Waals surface area contributed by atoms with Crippen LogP contribution >= 0.6 is 0 Å². The lowest BCUT2D eigenvalue weighted by atomic mass is 9.97. The lowest BCUT2D eigenvalue weighted by Crippen LogP contribution is -2.51. The molecule has 2 aromatic rings. The Morgan fingerprint density at radius 1 is 1.12 bits per heavy atom. The van der Waals surface area contributed by atoms with Crippen LogP contribution in [-0.4, -0.2) is 62.5 Å². The van der Waals surface area contributed by atoms with Crippen LogP contribution in [-0.2, 0) is 20.5 Å². The molecule has 0 radical (unpaired) electrons. The highest BCUT2D eigenvalue weighted by Crippen LogP contribution is 2.29. The summed E-state index contributed by atoms with van der Waals surface area (Å²) in [5, 5.41) is 15.3. The number of anilines is 1. The molecular weight excluding hydrogens is 459 g/mol. The van der Waals surface area contributed by atoms with Crippen LogP contribution in [0.2, 0.25) is 0 Å². The maximum Gasteiger partial charge on any atom is 0.453 e. The predicted octanol–water partition coefficient (Wildman–Crippen LogP) is 1.92. The third kappa shape index (κ3) is 6.11. The summed E-state index contributed by atoms with van der Waals surface area (Å²) in [7, 11) is 0. The molecule has 3 heterocycles. The molecule has 1 aliphatic rings. The van der Waals surface area contributed by atoms with E-state index in [1.807, 2.05) is 0 Å². The maximum atomic E-state index is 13.1. The van der Waals surface area contributed by atoms with Gasteiger partial charge in [0.25, 0.3) is 11.7 Å². The van der Waals surface area contributed by atoms with E-state index >= 15 is 0 Å². The number of alkyl halides is 3. The summed E-state index contributed by atoms with van der Waals surface area (Å²) in [6, 6.07) is 2.23. The van der Waals surface area contributed by atoms with E-state index in [1.165, 1.54) is 19.1 Å². The smallest absolute Gasteiger partial charge is 0.452 e. The van der Waals surface area contributed by atoms with Gasteiger partial charge >= 0.3 is 18.2 Å². The number of esters is 1. The van der Waals surface area contributed by atoms with Crippen LogP contribution in [0.4, 0.5) is 23.8 Å². The molecule has 3 amide bonds. The molecule has 1 unspecified atom stereocenters. The van der Waals surface area contributed by atoms with E-state index in [0.717, 1.165) is 0 Å². The van der Waals surface area contributed by atoms with E-state index in [0.29, 0.717) is 36.3 Å². The van der Waals surface area contributed by atoms with Crippen LogP contribution in [0.3, 0.4) is 0 Å². The molecule has 1 fully saturated rings. The minimum atomic E-state index is -4.70. The zero-order valence-corrected chi connectivity index (χ0v) is 19.1. The van der Waals surface area contributed by atoms with Crippen LogP contribution in [0, 0.1) is 5.92 Å². The van der Waals surface area contributed by atoms with E-state index in [9.17, 15) is 27.6 Å². The van der Waals surface area contributed by atoms with Crippen LogP contribution in [0.25, 0.3) is 5.65 Å². The van der Waals surface area contributed by atoms with Crippen molar-refractivity contribution < 1.29 is 32.3 Å². The van der Waals surface area contributed by atoms with Crippen molar-refractivity contribution >= 4 is 29.4 Å². The number of carbonyl (C=O) groups is 3. The number of urea groups is 1. The van der Waals surface area contributed by atoms with Crippen molar-refractivity contribution in [2.24, 2.45) is 5.92 Å². The number of nitrogens with one attached hydrogen (secondary N) is 2. The van der Waals surface area contributed by atoms with Gasteiger partial charge in [-0.05, 0) is 52.7 Å². The summed E-state index contributed by atoms with van der Waals surface area (Å²) in [6.07, 6.45) is -5.16. The Balaban J connectivity index is 1.55. The molecule has 11 nitrogen and oxygen atoms in total. The van der Waals surface area contributed by atoms with Crippen LogP contribution < -0.4 is 15.5 Å². The van der Waals surface area contributed by atoms with Crippen molar-refractivity contribution in [3.8, 4) is 0 Å². The number of hydrogen-bond acceptors (Lipinski definition) is 8. The molecule has 0 saturated carbocycles. The molecule has 186 valence electrons. The molecular formula is C20H26F3N7O4. The van der Waals surface area contributed by atoms with Crippen molar-refractivity contribution in [3.63, 3.8) is 0 Å². The highest BCUT2D eigenvalue weighted by Gasteiger charge is 2.38. The fourth-order valence-corrected chi connectivity index (χ4v) is 3.38. The zero-order chi connectivity index (χ0) is 25.3. The number of ether oxygens (including phenoxy) is 1. The SMILES string of the molecule is CC(OC(=O)C1CCN(c2ccc3nnc(C(F)(F)F)n3n2)CC1)C(=O)NC(=O)NC(C)(C)C. The Kier molecular flexibility index (Phi) is 6.98. The van der Waals surface area contributed by atoms with E-state index in [1.54, 1.807) is 25.7 Å². The predicted molar refractivity (Wildman–Crippen MR) is 113 cm³/mol. The summed E-state index contributed by atoms with van der Waals surface area (Å²) in [5.74, 6) is -2.76. The Hall–Kier alpha value is -3.45. The first-order valence-corrected chi connectivity index (χ1v) is 10.6. The van der Waals surface area contributed by atoms with Gasteiger partial charge in [-0.1, -0.05) is 0 Å². The minimum Gasteiger partial charge on any atom is -0.452 e. The molecule has 3 rings (SSSR count). The minimum absolute atomic E-state index is 0.0296. The standard InChI is InChI=1S/C20H26F3N7O4/c1-11(15(31)24-18(33)25-19(2,3)4)34-16(32)12-7-9-29(10-8-12)14-6-5-13-26-27-17(20(21,22)23)30(13)28-14/h5-6,11-12H,7-10H2,1-4H3,(H2,24,25,31,33). The second-order valence-electron chi connectivity index (χ2n) is 9.02. The van der Waals surface area contributed by atoms with Gasteiger partial charge in [-0.15, -0.1) is 15.3 Å². The van der Waals surface area contributed by atoms with Crippen molar-refractivity contribution in [1.82, 2.24) is 30.4 Å². The second kappa shape index (κ2) is 9.43. The number of hydrogen-bond donors (Lipinski definition) is 2. The number of fused-ring (bicyclic) bond motifs is 1. The van der Waals surface area contributed by atoms with Gasteiger partial charge in [0.05, 0.1) is 5.92 Å². The molecule has 34 heavy (non-hydrogen) atoms. The number of carbonyl (C=O) groups excluding carboxylic acids is 3. The van der Waals surface area contributed by atoms with Crippen LogP contribution in [0.5, 0.6) is 0 Å². The number of aromatic nitrogens is 4. The van der Waals surface area contributed by atoms with E-state index in [4.69, 9.17) is 4.74 Å². The Morgan fingerprint density at radius 3 is 2.35 bits per heavy atom. The number of imide groups is 1. The zero-order valence-electron chi connectivity index (χ0n) is 19.1. The molecule has 14 heteroatoms. The fourth-order valence-electron chi connectivity index (χ4n) is 3.38. The maximum absolute atomic E-state index is 13.1. The molecule has 2 N–H and O–H groups in total. The van der Waals surface area contributed by atoms with Crippen molar-refractivity contribution in [2.45, 2.75) is 58.4 Å². The monoisotopic (exact) mass is 485 g/mol. The summed E-state index contributed by atoms with van der Waals surface area (Å²) in [5.41, 5.74) is -0.571. The van der Waals surface area contributed by atoms with E-state index in [-0.39, 0.29) is 5.65 Å². The van der Waals surface area contributed by atoms with Gasteiger partial charge < -0.3 is 15.0 Å². The van der Waals surface area contributed by atoms with Crippen LogP contribution in [0.15, 0.2) is 12.1 Å². The number of piperidine rings is 1. The summed E-state index contributed by atoms with van der Waals surface area (Å²) < 4.78 is 45.1. The average molecular weight is 485 g/mol. The molecule has 1 saturated heterocycles. The van der Waals surface area contributed by atoms with E-state index < -0.39 is 47.5 Å². The highest BCUT2D eigenvalue weighted by molar-refractivity contribution is 5.97. The van der Waals surface area contributed by atoms with Gasteiger partial charge in [0, 0.05) is 18.6 Å². The van der Waals surface area contributed by atoms with Gasteiger partial charge in [-0.25, -0.2) is 4.79 Å². The first-order valence-electron chi connectivity index (χ1n) is 10.6. The second-order valence-corrected chi connectivity index (χ2v) is 9.02. The third-order valence-corrected chi connectivity index (χ3v) is 5.04. The normalized spacial score (nSPS) is 16.3. The molecule has 0 spiro atoms. The van der Waals surface area contributed by atoms with E-state index in [2.05, 4.69) is 25.9 Å². The molecule has 1 aliphatic heterocycles. The van der Waals surface area contributed by atoms with Crippen molar-refractivity contribution in [2.75, 3.05) is 18.0 Å². The van der Waals surface area contributed by atoms with Gasteiger partial charge in [0.2, 0.25) is 0 Å². The largest absolute Gasteiger partial charge is 0.453 e. The molecule has 2 aromatic heterocycles. The first-order chi connectivity index (χ1) is 15.7. The molecule has 0 bridgehead atoms. The molecule has 1 atom stereocenters. The molecule has 0 aliphatic carbocycles. The van der Waals surface area contributed by atoms with Gasteiger partial charge in [0.15, 0.2) is 11.8 Å². The number of amides is 3. The van der Waals surface area contributed by atoms with Gasteiger partial charge in [-0.3, -0.25) is 14.9 Å².